The van der Waals surface area contributed by atoms with E-state index in [-0.39, 0.29) is 11.8 Å². The molecule has 4 nitrogen and oxygen atoms in total. The number of benzene rings is 1. The number of hydrogen-bond acceptors (Lipinski definition) is 3. The van der Waals surface area contributed by atoms with Crippen LogP contribution in [-0.4, -0.2) is 30.5 Å². The highest BCUT2D eigenvalue weighted by molar-refractivity contribution is 5.81. The van der Waals surface area contributed by atoms with Crippen molar-refractivity contribution in [2.45, 2.75) is 25.7 Å². The maximum Gasteiger partial charge on any atom is 0.304 e. The zero-order valence-corrected chi connectivity index (χ0v) is 10.8. The summed E-state index contributed by atoms with van der Waals surface area (Å²) in [6.45, 7) is 5.63. The Balaban J connectivity index is 2.26. The van der Waals surface area contributed by atoms with Gasteiger partial charge < -0.3 is 10.0 Å². The summed E-state index contributed by atoms with van der Waals surface area (Å²) in [5.41, 5.74) is 1.76. The van der Waals surface area contributed by atoms with E-state index in [4.69, 9.17) is 5.11 Å². The van der Waals surface area contributed by atoms with Crippen LogP contribution in [-0.2, 0) is 10.2 Å². The summed E-state index contributed by atoms with van der Waals surface area (Å²) >= 11 is 0. The number of aliphatic carboxylic acids is 1. The maximum atomic E-state index is 10.9. The van der Waals surface area contributed by atoms with Crippen LogP contribution in [0.1, 0.15) is 25.8 Å². The molecule has 4 heteroatoms. The molecule has 2 rings (SSSR count). The zero-order valence-electron chi connectivity index (χ0n) is 10.8. The van der Waals surface area contributed by atoms with Crippen LogP contribution >= 0.6 is 0 Å². The van der Waals surface area contributed by atoms with Gasteiger partial charge in [0.05, 0.1) is 19.3 Å². The van der Waals surface area contributed by atoms with E-state index in [0.29, 0.717) is 0 Å². The third-order valence-corrected chi connectivity index (χ3v) is 3.24. The molecule has 1 N–H and O–H groups in total. The minimum absolute atomic E-state index is 0.130. The number of nitrogens with zero attached hydrogens (tertiary/aromatic N) is 2. The molecule has 0 atom stereocenters. The van der Waals surface area contributed by atoms with Crippen molar-refractivity contribution in [1.29, 1.82) is 0 Å². The largest absolute Gasteiger partial charge is 0.481 e. The van der Waals surface area contributed by atoms with Gasteiger partial charge in [-0.25, -0.2) is 0 Å². The van der Waals surface area contributed by atoms with E-state index in [1.165, 1.54) is 0 Å². The van der Waals surface area contributed by atoms with E-state index in [1.807, 2.05) is 38.4 Å². The number of aliphatic imine (C=N–C) groups is 1. The molecule has 1 heterocycles. The minimum atomic E-state index is -0.770. The first-order valence-corrected chi connectivity index (χ1v) is 6.08. The fraction of sp³-hybridized carbons (Fsp3) is 0.429. The first kappa shape index (κ1) is 12.6. The SMILES string of the molecule is CC(C)(CC(=O)O)c1cccc(N2C=NCC2)c1. The molecule has 0 saturated carbocycles. The van der Waals surface area contributed by atoms with Gasteiger partial charge in [0.25, 0.3) is 0 Å². The Hall–Kier alpha value is -1.84. The van der Waals surface area contributed by atoms with Crippen molar-refractivity contribution in [3.05, 3.63) is 29.8 Å². The Kier molecular flexibility index (Phi) is 3.36. The molecule has 0 bridgehead atoms. The van der Waals surface area contributed by atoms with Crippen LogP contribution in [0.4, 0.5) is 5.69 Å². The molecule has 0 amide bonds. The summed E-state index contributed by atoms with van der Waals surface area (Å²) in [6, 6.07) is 8.04. The molecule has 1 aromatic carbocycles. The average molecular weight is 246 g/mol. The van der Waals surface area contributed by atoms with E-state index >= 15 is 0 Å². The molecule has 0 fully saturated rings. The van der Waals surface area contributed by atoms with Crippen LogP contribution in [0.3, 0.4) is 0 Å². The van der Waals surface area contributed by atoms with E-state index in [9.17, 15) is 4.79 Å². The van der Waals surface area contributed by atoms with Crippen molar-refractivity contribution >= 4 is 18.0 Å². The number of carboxylic acids is 1. The molecular weight excluding hydrogens is 228 g/mol. The summed E-state index contributed by atoms with van der Waals surface area (Å²) < 4.78 is 0. The van der Waals surface area contributed by atoms with Gasteiger partial charge in [-0.2, -0.15) is 0 Å². The van der Waals surface area contributed by atoms with Crippen LogP contribution in [0.2, 0.25) is 0 Å². The molecule has 0 spiro atoms. The Labute approximate surface area is 107 Å². The zero-order chi connectivity index (χ0) is 13.2. The van der Waals surface area contributed by atoms with Crippen molar-refractivity contribution in [2.75, 3.05) is 18.0 Å². The number of carboxylic acid groups (broad SMARTS) is 1. The van der Waals surface area contributed by atoms with Crippen LogP contribution in [0.25, 0.3) is 0 Å². The van der Waals surface area contributed by atoms with E-state index < -0.39 is 5.97 Å². The molecule has 1 aliphatic heterocycles. The van der Waals surface area contributed by atoms with E-state index in [0.717, 1.165) is 24.3 Å². The Bertz CT molecular complexity index is 480. The lowest BCUT2D eigenvalue weighted by Crippen LogP contribution is -2.23. The first-order chi connectivity index (χ1) is 8.49. The summed E-state index contributed by atoms with van der Waals surface area (Å²) in [5, 5.41) is 8.96. The monoisotopic (exact) mass is 246 g/mol. The van der Waals surface area contributed by atoms with E-state index in [1.54, 1.807) is 0 Å². The third kappa shape index (κ3) is 2.70. The smallest absolute Gasteiger partial charge is 0.304 e. The van der Waals surface area contributed by atoms with Gasteiger partial charge >= 0.3 is 5.97 Å². The fourth-order valence-electron chi connectivity index (χ4n) is 2.16. The molecule has 1 aliphatic rings. The summed E-state index contributed by atoms with van der Waals surface area (Å²) in [4.78, 5) is 17.2. The van der Waals surface area contributed by atoms with Gasteiger partial charge in [0.15, 0.2) is 0 Å². The van der Waals surface area contributed by atoms with Gasteiger partial charge in [-0.05, 0) is 17.7 Å². The number of hydrogen-bond donors (Lipinski definition) is 1. The molecule has 0 unspecified atom stereocenters. The van der Waals surface area contributed by atoms with Crippen LogP contribution in [0.5, 0.6) is 0 Å². The lowest BCUT2D eigenvalue weighted by Gasteiger charge is -2.25. The third-order valence-electron chi connectivity index (χ3n) is 3.24. The number of rotatable bonds is 4. The van der Waals surface area contributed by atoms with Gasteiger partial charge in [0.1, 0.15) is 0 Å². The maximum absolute atomic E-state index is 10.9. The molecule has 18 heavy (non-hydrogen) atoms. The average Bonchev–Trinajstić information content (AvgIpc) is 2.81. The lowest BCUT2D eigenvalue weighted by molar-refractivity contribution is -0.138. The second kappa shape index (κ2) is 4.80. The normalized spacial score (nSPS) is 15.1. The van der Waals surface area contributed by atoms with Crippen LogP contribution in [0, 0.1) is 0 Å². The lowest BCUT2D eigenvalue weighted by atomic mass is 9.81. The summed E-state index contributed by atoms with van der Waals surface area (Å²) in [6.07, 6.45) is 1.97. The van der Waals surface area contributed by atoms with Gasteiger partial charge in [0, 0.05) is 17.6 Å². The predicted octanol–water partition coefficient (Wildman–Crippen LogP) is 2.29. The van der Waals surface area contributed by atoms with Crippen molar-refractivity contribution in [3.63, 3.8) is 0 Å². The topological polar surface area (TPSA) is 52.9 Å². The fourth-order valence-corrected chi connectivity index (χ4v) is 2.16. The van der Waals surface area contributed by atoms with Gasteiger partial charge in [-0.15, -0.1) is 0 Å². The Morgan fingerprint density at radius 2 is 2.28 bits per heavy atom. The summed E-state index contributed by atoms with van der Waals surface area (Å²) in [7, 11) is 0. The van der Waals surface area contributed by atoms with Gasteiger partial charge in [-0.3, -0.25) is 9.79 Å². The minimum Gasteiger partial charge on any atom is -0.481 e. The van der Waals surface area contributed by atoms with Gasteiger partial charge in [-0.1, -0.05) is 26.0 Å². The number of anilines is 1. The number of carbonyl (C=O) groups is 1. The van der Waals surface area contributed by atoms with Crippen LogP contribution in [0.15, 0.2) is 29.3 Å². The summed E-state index contributed by atoms with van der Waals surface area (Å²) in [5.74, 6) is -0.770. The highest BCUT2D eigenvalue weighted by atomic mass is 16.4. The van der Waals surface area contributed by atoms with Crippen LogP contribution < -0.4 is 4.90 Å². The standard InChI is InChI=1S/C14H18N2O2/c1-14(2,9-13(17)18)11-4-3-5-12(8-11)16-7-6-15-10-16/h3-5,8,10H,6-7,9H2,1-2H3,(H,17,18). The highest BCUT2D eigenvalue weighted by Crippen LogP contribution is 2.30. The molecule has 0 saturated heterocycles. The second-order valence-electron chi connectivity index (χ2n) is 5.22. The molecule has 0 aromatic heterocycles. The van der Waals surface area contributed by atoms with Crippen molar-refractivity contribution < 1.29 is 9.90 Å². The molecule has 1 aromatic rings. The van der Waals surface area contributed by atoms with Crippen molar-refractivity contribution in [3.8, 4) is 0 Å². The quantitative estimate of drug-likeness (QED) is 0.886. The molecular formula is C14H18N2O2. The Morgan fingerprint density at radius 1 is 1.50 bits per heavy atom. The van der Waals surface area contributed by atoms with Crippen molar-refractivity contribution in [1.82, 2.24) is 0 Å². The molecule has 0 radical (unpaired) electrons. The van der Waals surface area contributed by atoms with Crippen molar-refractivity contribution in [2.24, 2.45) is 4.99 Å². The molecule has 0 aliphatic carbocycles. The van der Waals surface area contributed by atoms with Gasteiger partial charge in [0.2, 0.25) is 0 Å². The predicted molar refractivity (Wildman–Crippen MR) is 72.4 cm³/mol. The Morgan fingerprint density at radius 3 is 2.89 bits per heavy atom. The molecule has 96 valence electrons. The second-order valence-corrected chi connectivity index (χ2v) is 5.22. The highest BCUT2D eigenvalue weighted by Gasteiger charge is 2.24. The first-order valence-electron chi connectivity index (χ1n) is 6.08. The van der Waals surface area contributed by atoms with E-state index in [2.05, 4.69) is 16.0 Å².